The quantitative estimate of drug-likeness (QED) is 0.319. The van der Waals surface area contributed by atoms with E-state index in [4.69, 9.17) is 4.74 Å². The fraction of sp³-hybridized carbons (Fsp3) is 0.481. The Kier molecular flexibility index (Phi) is 5.40. The summed E-state index contributed by atoms with van der Waals surface area (Å²) in [6.45, 7) is 11.6. The number of aliphatic hydroxyl groups is 1. The Morgan fingerprint density at radius 3 is 2.89 bits per heavy atom. The van der Waals surface area contributed by atoms with E-state index >= 15 is 4.21 Å². The normalized spacial score (nSPS) is 28.8. The molecule has 1 saturated heterocycles. The molecule has 6 heterocycles. The summed E-state index contributed by atoms with van der Waals surface area (Å²) < 4.78 is 23.7. The Morgan fingerprint density at radius 1 is 1.42 bits per heavy atom. The predicted octanol–water partition coefficient (Wildman–Crippen LogP) is 4.80. The molecular formula is C27H32N3O3PS2. The smallest absolute Gasteiger partial charge is 0.159 e. The van der Waals surface area contributed by atoms with Crippen molar-refractivity contribution in [2.45, 2.75) is 64.0 Å². The number of aliphatic hydroxyl groups excluding tert-OH is 1. The SMILES string of the molecule is CC1(C)C[C@@H]2CN1S(=O)(C(C)(C)C)=[P+]1[CH-]C=C(c3cc(C#N)cc4c3N2CCO4)c2[s+][c-](CO)cc21. The van der Waals surface area contributed by atoms with Gasteiger partial charge in [-0.25, -0.2) is 4.21 Å². The van der Waals surface area contributed by atoms with E-state index in [0.717, 1.165) is 57.1 Å². The van der Waals surface area contributed by atoms with Crippen molar-refractivity contribution in [2.24, 2.45) is 0 Å². The second-order valence-corrected chi connectivity index (χ2v) is 19.4. The van der Waals surface area contributed by atoms with E-state index < -0.39 is 20.7 Å². The van der Waals surface area contributed by atoms with Crippen molar-refractivity contribution >= 4 is 43.9 Å². The molecule has 0 aliphatic carbocycles. The molecule has 2 aromatic rings. The van der Waals surface area contributed by atoms with Gasteiger partial charge in [0.15, 0.2) is 9.30 Å². The number of ether oxygens (including phenoxy) is 1. The zero-order valence-electron chi connectivity index (χ0n) is 21.4. The highest BCUT2D eigenvalue weighted by atomic mass is 32.5. The molecule has 1 aromatic heterocycles. The highest BCUT2D eigenvalue weighted by Crippen LogP contribution is 2.55. The molecular weight excluding hydrogens is 509 g/mol. The lowest BCUT2D eigenvalue weighted by molar-refractivity contribution is 0.285. The lowest BCUT2D eigenvalue weighted by atomic mass is 9.94. The zero-order valence-corrected chi connectivity index (χ0v) is 23.9. The lowest BCUT2D eigenvalue weighted by Gasteiger charge is -2.40. The summed E-state index contributed by atoms with van der Waals surface area (Å²) in [4.78, 5) is 4.38. The highest BCUT2D eigenvalue weighted by Gasteiger charge is 2.53. The fourth-order valence-electron chi connectivity index (χ4n) is 6.16. The topological polar surface area (TPSA) is 76.8 Å². The van der Waals surface area contributed by atoms with Crippen LogP contribution in [-0.4, -0.2) is 49.6 Å². The van der Waals surface area contributed by atoms with Gasteiger partial charge in [-0.15, -0.1) is 0 Å². The average molecular weight is 542 g/mol. The number of benzene rings is 1. The largest absolute Gasteiger partial charge is 0.490 e. The number of hydrogen-bond donors (Lipinski definition) is 1. The molecule has 0 saturated carbocycles. The first-order valence-corrected chi connectivity index (χ1v) is 16.7. The van der Waals surface area contributed by atoms with E-state index in [1.807, 2.05) is 12.1 Å². The van der Waals surface area contributed by atoms with Crippen LogP contribution in [0, 0.1) is 17.5 Å². The summed E-state index contributed by atoms with van der Waals surface area (Å²) in [6, 6.07) is 8.43. The molecule has 7 rings (SSSR count). The van der Waals surface area contributed by atoms with Gasteiger partial charge in [-0.05, 0) is 53.3 Å². The maximum absolute atomic E-state index is 15.6. The van der Waals surface area contributed by atoms with E-state index in [2.05, 4.69) is 68.2 Å². The third-order valence-electron chi connectivity index (χ3n) is 7.74. The van der Waals surface area contributed by atoms with Gasteiger partial charge in [0.25, 0.3) is 0 Å². The number of nitrogens with zero attached hydrogens (tertiary/aromatic N) is 3. The molecule has 1 fully saturated rings. The molecule has 9 heteroatoms. The van der Waals surface area contributed by atoms with Gasteiger partial charge in [0, 0.05) is 18.1 Å². The lowest BCUT2D eigenvalue weighted by Crippen LogP contribution is -2.50. The molecule has 6 nitrogen and oxygen atoms in total. The Balaban J connectivity index is 1.78. The number of thiophene rings is 1. The highest BCUT2D eigenvalue weighted by molar-refractivity contribution is 8.32. The van der Waals surface area contributed by atoms with Gasteiger partial charge < -0.3 is 14.7 Å². The molecule has 190 valence electrons. The Hall–Kier alpha value is -2.01. The van der Waals surface area contributed by atoms with Crippen molar-refractivity contribution in [1.82, 2.24) is 4.31 Å². The Morgan fingerprint density at radius 2 is 2.19 bits per heavy atom. The van der Waals surface area contributed by atoms with E-state index in [9.17, 15) is 10.4 Å². The van der Waals surface area contributed by atoms with Gasteiger partial charge >= 0.3 is 0 Å². The summed E-state index contributed by atoms with van der Waals surface area (Å²) in [5.74, 6) is 0.747. The van der Waals surface area contributed by atoms with Gasteiger partial charge in [0.05, 0.1) is 63.4 Å². The first-order valence-electron chi connectivity index (χ1n) is 12.4. The van der Waals surface area contributed by atoms with Crippen molar-refractivity contribution in [3.8, 4) is 11.8 Å². The van der Waals surface area contributed by atoms with Crippen LogP contribution in [0.1, 0.15) is 61.9 Å². The molecule has 5 aliphatic heterocycles. The van der Waals surface area contributed by atoms with Gasteiger partial charge in [-0.2, -0.15) is 21.2 Å². The van der Waals surface area contributed by atoms with Crippen LogP contribution in [-0.2, 0) is 15.9 Å². The molecule has 3 unspecified atom stereocenters. The molecule has 1 aromatic carbocycles. The summed E-state index contributed by atoms with van der Waals surface area (Å²) in [6.07, 6.45) is 5.22. The minimum Gasteiger partial charge on any atom is -0.490 e. The van der Waals surface area contributed by atoms with Crippen LogP contribution < -0.4 is 14.9 Å². The molecule has 5 aliphatic rings. The number of rotatable bonds is 1. The van der Waals surface area contributed by atoms with Gasteiger partial charge in [-0.3, -0.25) is 0 Å². The molecule has 0 spiro atoms. The number of fused-ring (bicyclic) bond motifs is 1. The van der Waals surface area contributed by atoms with Crippen molar-refractivity contribution in [3.63, 3.8) is 0 Å². The molecule has 0 amide bonds. The molecule has 36 heavy (non-hydrogen) atoms. The van der Waals surface area contributed by atoms with Crippen LogP contribution >= 0.6 is 18.0 Å². The predicted molar refractivity (Wildman–Crippen MR) is 149 cm³/mol. The summed E-state index contributed by atoms with van der Waals surface area (Å²) in [7, 11) is -2.55. The van der Waals surface area contributed by atoms with Crippen molar-refractivity contribution in [3.05, 3.63) is 51.3 Å². The number of anilines is 1. The van der Waals surface area contributed by atoms with E-state index in [-0.39, 0.29) is 18.2 Å². The first-order chi connectivity index (χ1) is 17.0. The minimum absolute atomic E-state index is 0.0479. The van der Waals surface area contributed by atoms with Gasteiger partial charge in [-0.1, -0.05) is 17.7 Å². The van der Waals surface area contributed by atoms with Gasteiger partial charge in [0.1, 0.15) is 17.2 Å². The van der Waals surface area contributed by atoms with Crippen molar-refractivity contribution in [1.29, 1.82) is 5.26 Å². The maximum Gasteiger partial charge on any atom is 0.159 e. The van der Waals surface area contributed by atoms with Crippen LogP contribution in [0.5, 0.6) is 5.75 Å². The summed E-state index contributed by atoms with van der Waals surface area (Å²) in [5.41, 5.74) is 3.36. The third kappa shape index (κ3) is 3.27. The molecule has 4 atom stereocenters. The zero-order chi connectivity index (χ0) is 25.6. The number of nitriles is 1. The standard InChI is InChI=1S/C27H32N3O3PS2/c1-26(2,3)36(32)30-15-18(13-27(30,4)5)29-7-8-33-22-11-17(14-28)10-21(24(22)29)20-6-9-34(36)23-12-19(16-31)35-25(20)23/h6,9-12,18,31H,7-8,13,15-16H2,1-5H3/t18-,36?/m1/s1. The van der Waals surface area contributed by atoms with Crippen molar-refractivity contribution < 1.29 is 14.1 Å². The minimum atomic E-state index is -2.55. The maximum atomic E-state index is 15.6. The second kappa shape index (κ2) is 7.99. The van der Waals surface area contributed by atoms with E-state index in [1.54, 1.807) is 11.3 Å². The van der Waals surface area contributed by atoms with E-state index in [0.29, 0.717) is 12.2 Å². The summed E-state index contributed by atoms with van der Waals surface area (Å²) >= 11 is 1.58. The number of allylic oxidation sites excluding steroid dienone is 1. The monoisotopic (exact) mass is 541 g/mol. The Labute approximate surface area is 218 Å². The third-order valence-corrected chi connectivity index (χ3v) is 18.5. The molecule has 1 N–H and O–H groups in total. The molecule has 4 bridgehead atoms. The second-order valence-electron chi connectivity index (χ2n) is 11.5. The van der Waals surface area contributed by atoms with Crippen LogP contribution in [0.4, 0.5) is 5.69 Å². The fourth-order valence-corrected chi connectivity index (χ4v) is 17.1. The van der Waals surface area contributed by atoms with Crippen molar-refractivity contribution in [2.75, 3.05) is 24.6 Å². The average Bonchev–Trinajstić information content (AvgIpc) is 3.41. The van der Waals surface area contributed by atoms with Crippen LogP contribution in [0.3, 0.4) is 0 Å². The first kappa shape index (κ1) is 24.3. The van der Waals surface area contributed by atoms with Crippen LogP contribution in [0.15, 0.2) is 24.3 Å². The van der Waals surface area contributed by atoms with E-state index in [1.165, 1.54) is 0 Å². The molecule has 0 radical (unpaired) electrons. The van der Waals surface area contributed by atoms with Crippen LogP contribution in [0.25, 0.3) is 5.57 Å². The number of hydrogen-bond acceptors (Lipinski definition) is 5. The van der Waals surface area contributed by atoms with Gasteiger partial charge in [0.2, 0.25) is 0 Å². The summed E-state index contributed by atoms with van der Waals surface area (Å²) in [5, 5.41) is 21.0. The van der Waals surface area contributed by atoms with Crippen LogP contribution in [0.2, 0.25) is 0 Å². The Bertz CT molecular complexity index is 1480.